The molecule has 0 unspecified atom stereocenters. The van der Waals surface area contributed by atoms with Gasteiger partial charge in [0.05, 0.1) is 22.1 Å². The molecule has 0 fully saturated rings. The molecule has 2 heteroatoms. The molecule has 2 heterocycles. The van der Waals surface area contributed by atoms with Crippen molar-refractivity contribution in [3.05, 3.63) is 201 Å². The first-order chi connectivity index (χ1) is 26.1. The predicted octanol–water partition coefficient (Wildman–Crippen LogP) is 12.0. The topological polar surface area (TPSA) is 24.7 Å². The number of benzene rings is 8. The van der Waals surface area contributed by atoms with Gasteiger partial charge in [-0.25, -0.2) is 9.98 Å². The van der Waals surface area contributed by atoms with Crippen LogP contribution in [0.15, 0.2) is 168 Å². The summed E-state index contributed by atoms with van der Waals surface area (Å²) in [7, 11) is 0. The molecule has 0 saturated carbocycles. The van der Waals surface area contributed by atoms with Crippen molar-refractivity contribution in [2.75, 3.05) is 0 Å². The minimum Gasteiger partial charge on any atom is -0.248 e. The highest BCUT2D eigenvalue weighted by Gasteiger charge is 2.32. The first-order valence-corrected chi connectivity index (χ1v) is 18.5. The normalized spacial score (nSPS) is 12.6. The Labute approximate surface area is 308 Å². The average Bonchev–Trinajstić information content (AvgIpc) is 3.90. The minimum atomic E-state index is 0.899. The fourth-order valence-electron chi connectivity index (χ4n) is 9.13. The lowest BCUT2D eigenvalue weighted by Gasteiger charge is -2.24. The molecule has 2 aliphatic heterocycles. The Morgan fingerprint density at radius 1 is 0.415 bits per heavy atom. The Kier molecular flexibility index (Phi) is 6.48. The average molecular weight is 675 g/mol. The SMILES string of the molecule is Cc1cc2c(c(-c3c(-c4ccccc4-c4ccccc4-c4ccccc4)ccc4c3-c3c5c(ccc3=N4)=c3ccccc3=N5)c1C)Cc1ccccc1-2. The molecule has 248 valence electrons. The molecule has 0 aromatic heterocycles. The summed E-state index contributed by atoms with van der Waals surface area (Å²) >= 11 is 0. The van der Waals surface area contributed by atoms with Gasteiger partial charge >= 0.3 is 0 Å². The van der Waals surface area contributed by atoms with Crippen molar-refractivity contribution in [1.82, 2.24) is 0 Å². The van der Waals surface area contributed by atoms with Gasteiger partial charge in [-0.15, -0.1) is 0 Å². The summed E-state index contributed by atoms with van der Waals surface area (Å²) in [5, 5.41) is 4.37. The van der Waals surface area contributed by atoms with Crippen molar-refractivity contribution in [3.8, 4) is 66.8 Å². The van der Waals surface area contributed by atoms with E-state index in [1.807, 2.05) is 0 Å². The van der Waals surface area contributed by atoms with Crippen LogP contribution in [-0.2, 0) is 6.42 Å². The number of aryl methyl sites for hydroxylation is 1. The number of rotatable bonds is 4. The highest BCUT2D eigenvalue weighted by molar-refractivity contribution is 6.08. The zero-order valence-electron chi connectivity index (χ0n) is 29.6. The number of hydrogen-bond acceptors (Lipinski definition) is 2. The van der Waals surface area contributed by atoms with Crippen LogP contribution < -0.4 is 10.7 Å². The van der Waals surface area contributed by atoms with Crippen LogP contribution in [0.5, 0.6) is 0 Å². The molecule has 8 aromatic carbocycles. The Bertz CT molecular complexity index is 3100. The van der Waals surface area contributed by atoms with Gasteiger partial charge in [-0.2, -0.15) is 0 Å². The molecule has 0 radical (unpaired) electrons. The summed E-state index contributed by atoms with van der Waals surface area (Å²) in [5.74, 6) is 0. The lowest BCUT2D eigenvalue weighted by atomic mass is 9.79. The van der Waals surface area contributed by atoms with Crippen molar-refractivity contribution < 1.29 is 0 Å². The fraction of sp³-hybridized carbons (Fsp3) is 0.0588. The van der Waals surface area contributed by atoms with E-state index in [1.54, 1.807) is 0 Å². The van der Waals surface area contributed by atoms with Gasteiger partial charge in [0.15, 0.2) is 0 Å². The van der Waals surface area contributed by atoms with Crippen LogP contribution in [0.2, 0.25) is 0 Å². The second-order valence-electron chi connectivity index (χ2n) is 14.5. The van der Waals surface area contributed by atoms with E-state index in [0.717, 1.165) is 34.1 Å². The molecule has 3 aliphatic rings. The van der Waals surface area contributed by atoms with Crippen LogP contribution in [0.25, 0.3) is 66.8 Å². The van der Waals surface area contributed by atoms with E-state index in [4.69, 9.17) is 9.98 Å². The fourth-order valence-corrected chi connectivity index (χ4v) is 9.13. The number of nitrogens with zero attached hydrogens (tertiary/aromatic N) is 2. The summed E-state index contributed by atoms with van der Waals surface area (Å²) in [6.07, 6.45) is 0.899. The summed E-state index contributed by atoms with van der Waals surface area (Å²) < 4.78 is 0. The van der Waals surface area contributed by atoms with E-state index in [2.05, 4.69) is 172 Å². The third-order valence-corrected chi connectivity index (χ3v) is 11.7. The van der Waals surface area contributed by atoms with E-state index in [9.17, 15) is 0 Å². The van der Waals surface area contributed by atoms with Gasteiger partial charge in [-0.1, -0.05) is 133 Å². The van der Waals surface area contributed by atoms with Crippen molar-refractivity contribution in [3.63, 3.8) is 0 Å². The van der Waals surface area contributed by atoms with Gasteiger partial charge < -0.3 is 0 Å². The van der Waals surface area contributed by atoms with E-state index in [-0.39, 0.29) is 0 Å². The third kappa shape index (κ3) is 4.39. The maximum Gasteiger partial charge on any atom is 0.0817 e. The monoisotopic (exact) mass is 674 g/mol. The van der Waals surface area contributed by atoms with Gasteiger partial charge in [-0.3, -0.25) is 0 Å². The van der Waals surface area contributed by atoms with Crippen molar-refractivity contribution in [1.29, 1.82) is 0 Å². The molecule has 0 bridgehead atoms. The largest absolute Gasteiger partial charge is 0.248 e. The first kappa shape index (κ1) is 30.0. The maximum absolute atomic E-state index is 5.34. The van der Waals surface area contributed by atoms with Gasteiger partial charge in [-0.05, 0) is 117 Å². The van der Waals surface area contributed by atoms with Crippen LogP contribution in [-0.4, -0.2) is 0 Å². The lowest BCUT2D eigenvalue weighted by Crippen LogP contribution is -2.03. The molecule has 0 atom stereocenters. The molecule has 11 rings (SSSR count). The molecule has 53 heavy (non-hydrogen) atoms. The van der Waals surface area contributed by atoms with Gasteiger partial charge in [0.2, 0.25) is 0 Å². The molecule has 2 nitrogen and oxygen atoms in total. The van der Waals surface area contributed by atoms with E-state index >= 15 is 0 Å². The molecular weight excluding hydrogens is 641 g/mol. The first-order valence-electron chi connectivity index (χ1n) is 18.5. The summed E-state index contributed by atoms with van der Waals surface area (Å²) in [6.45, 7) is 4.59. The Morgan fingerprint density at radius 3 is 1.89 bits per heavy atom. The highest BCUT2D eigenvalue weighted by atomic mass is 14.8. The van der Waals surface area contributed by atoms with Crippen LogP contribution in [0.4, 0.5) is 11.4 Å². The van der Waals surface area contributed by atoms with Crippen molar-refractivity contribution in [2.24, 2.45) is 9.98 Å². The van der Waals surface area contributed by atoms with Crippen LogP contribution in [0.1, 0.15) is 22.3 Å². The second-order valence-corrected chi connectivity index (χ2v) is 14.5. The Morgan fingerprint density at radius 2 is 1.08 bits per heavy atom. The smallest absolute Gasteiger partial charge is 0.0817 e. The van der Waals surface area contributed by atoms with Gasteiger partial charge in [0, 0.05) is 27.1 Å². The number of para-hydroxylation sites is 1. The predicted molar refractivity (Wildman–Crippen MR) is 217 cm³/mol. The van der Waals surface area contributed by atoms with Gasteiger partial charge in [0.25, 0.3) is 0 Å². The van der Waals surface area contributed by atoms with Crippen molar-refractivity contribution in [2.45, 2.75) is 20.3 Å². The summed E-state index contributed by atoms with van der Waals surface area (Å²) in [4.78, 5) is 10.7. The summed E-state index contributed by atoms with van der Waals surface area (Å²) in [6, 6.07) is 57.4. The zero-order valence-corrected chi connectivity index (χ0v) is 29.6. The molecule has 1 aliphatic carbocycles. The minimum absolute atomic E-state index is 0.899. The Balaban J connectivity index is 1.27. The van der Waals surface area contributed by atoms with Crippen molar-refractivity contribution >= 4 is 11.4 Å². The standard InChI is InChI=1S/C51H34N2/c1-30-28-42-35-18-7-6-16-33(35)29-43(42)47(31(30)2)48-40(38-21-11-10-20-37(38)36-19-9-8-17-34(36)32-14-4-3-5-15-32)24-26-45-49(48)50-46(52-45)27-25-41-39-22-12-13-23-44(39)53-51(41)50/h3-28H,29H2,1-2H3. The highest BCUT2D eigenvalue weighted by Crippen LogP contribution is 2.55. The maximum atomic E-state index is 5.34. The van der Waals surface area contributed by atoms with Crippen LogP contribution >= 0.6 is 0 Å². The number of fused-ring (bicyclic) bond motifs is 9. The third-order valence-electron chi connectivity index (χ3n) is 11.7. The Hall–Kier alpha value is -6.64. The van der Waals surface area contributed by atoms with Gasteiger partial charge in [0.1, 0.15) is 0 Å². The molecular formula is C51H34N2. The molecule has 0 spiro atoms. The number of hydrogen-bond donors (Lipinski definition) is 0. The lowest BCUT2D eigenvalue weighted by molar-refractivity contribution is 1.23. The second kappa shape index (κ2) is 11.4. The molecule has 0 amide bonds. The van der Waals surface area contributed by atoms with E-state index in [1.165, 1.54) is 93.9 Å². The molecule has 0 N–H and O–H groups in total. The zero-order chi connectivity index (χ0) is 35.2. The molecule has 0 saturated heterocycles. The van der Waals surface area contributed by atoms with E-state index in [0.29, 0.717) is 0 Å². The summed E-state index contributed by atoms with van der Waals surface area (Å²) in [5.41, 5.74) is 22.3. The van der Waals surface area contributed by atoms with E-state index < -0.39 is 0 Å². The van der Waals surface area contributed by atoms with Crippen LogP contribution in [0, 0.1) is 24.3 Å². The van der Waals surface area contributed by atoms with Crippen LogP contribution in [0.3, 0.4) is 0 Å². The quantitative estimate of drug-likeness (QED) is 0.178. The molecule has 8 aromatic rings.